The van der Waals surface area contributed by atoms with E-state index in [1.165, 1.54) is 17.8 Å². The number of rotatable bonds is 4. The van der Waals surface area contributed by atoms with Crippen LogP contribution in [0.5, 0.6) is 0 Å². The van der Waals surface area contributed by atoms with E-state index in [4.69, 9.17) is 0 Å². The molecule has 6 nitrogen and oxygen atoms in total. The molecule has 1 amide bonds. The van der Waals surface area contributed by atoms with Crippen molar-refractivity contribution in [3.05, 3.63) is 58.8 Å². The van der Waals surface area contributed by atoms with Crippen molar-refractivity contribution in [1.29, 1.82) is 0 Å². The standard InChI is InChI=1S/C21H18N2O4S/c1-11-7-14-12(10-28-18-13(20(26)27)5-4-6-22-18)9-21(2,3)23-16(14)15(8-11)17(24)19(23)25/h4-9H,10H2,1-3H3,(H,26,27). The molecule has 142 valence electrons. The van der Waals surface area contributed by atoms with E-state index in [-0.39, 0.29) is 5.56 Å². The SMILES string of the molecule is Cc1cc2c3c(c1)C(CSc1ncccc1C(=O)O)=CC(C)(C)N3C(=O)C2=O. The summed E-state index contributed by atoms with van der Waals surface area (Å²) in [6.45, 7) is 5.68. The first kappa shape index (κ1) is 18.4. The lowest BCUT2D eigenvalue weighted by molar-refractivity contribution is -0.115. The highest BCUT2D eigenvalue weighted by molar-refractivity contribution is 7.99. The van der Waals surface area contributed by atoms with E-state index in [1.54, 1.807) is 23.2 Å². The van der Waals surface area contributed by atoms with Crippen LogP contribution < -0.4 is 4.90 Å². The number of Topliss-reactive ketones (excluding diaryl/α,β-unsaturated/α-hetero) is 1. The van der Waals surface area contributed by atoms with Crippen molar-refractivity contribution in [3.8, 4) is 0 Å². The molecule has 0 unspecified atom stereocenters. The molecule has 2 aliphatic heterocycles. The Labute approximate surface area is 166 Å². The number of carboxylic acids is 1. The van der Waals surface area contributed by atoms with Crippen LogP contribution in [-0.4, -0.2) is 39.0 Å². The van der Waals surface area contributed by atoms with Gasteiger partial charge in [0.05, 0.1) is 22.4 Å². The van der Waals surface area contributed by atoms with Crippen molar-refractivity contribution in [1.82, 2.24) is 4.98 Å². The average Bonchev–Trinajstić information content (AvgIpc) is 2.89. The first-order chi connectivity index (χ1) is 13.2. The quantitative estimate of drug-likeness (QED) is 0.630. The Kier molecular flexibility index (Phi) is 4.15. The molecule has 1 aromatic carbocycles. The summed E-state index contributed by atoms with van der Waals surface area (Å²) >= 11 is 1.33. The van der Waals surface area contributed by atoms with Gasteiger partial charge in [0.15, 0.2) is 0 Å². The van der Waals surface area contributed by atoms with Crippen molar-refractivity contribution in [3.63, 3.8) is 0 Å². The minimum Gasteiger partial charge on any atom is -0.478 e. The largest absolute Gasteiger partial charge is 0.478 e. The Balaban J connectivity index is 1.77. The van der Waals surface area contributed by atoms with Gasteiger partial charge in [0.25, 0.3) is 11.7 Å². The van der Waals surface area contributed by atoms with Crippen molar-refractivity contribution >= 4 is 40.7 Å². The van der Waals surface area contributed by atoms with E-state index in [2.05, 4.69) is 4.98 Å². The van der Waals surface area contributed by atoms with Crippen molar-refractivity contribution in [2.45, 2.75) is 31.3 Å². The third-order valence-electron chi connectivity index (χ3n) is 4.94. The molecule has 1 aromatic heterocycles. The number of carbonyl (C=O) groups is 3. The number of amides is 1. The van der Waals surface area contributed by atoms with Gasteiger partial charge >= 0.3 is 5.97 Å². The van der Waals surface area contributed by atoms with Gasteiger partial charge in [0, 0.05) is 17.5 Å². The number of pyridine rings is 1. The Morgan fingerprint density at radius 3 is 2.68 bits per heavy atom. The number of hydrogen-bond donors (Lipinski definition) is 1. The van der Waals surface area contributed by atoms with E-state index >= 15 is 0 Å². The molecule has 0 saturated heterocycles. The van der Waals surface area contributed by atoms with Gasteiger partial charge in [-0.2, -0.15) is 0 Å². The highest BCUT2D eigenvalue weighted by Crippen LogP contribution is 2.46. The maximum absolute atomic E-state index is 12.6. The van der Waals surface area contributed by atoms with Crippen LogP contribution in [0.4, 0.5) is 5.69 Å². The maximum Gasteiger partial charge on any atom is 0.338 e. The van der Waals surface area contributed by atoms with Crippen LogP contribution in [0, 0.1) is 6.92 Å². The molecule has 2 aliphatic rings. The van der Waals surface area contributed by atoms with Gasteiger partial charge < -0.3 is 5.11 Å². The monoisotopic (exact) mass is 394 g/mol. The molecule has 7 heteroatoms. The summed E-state index contributed by atoms with van der Waals surface area (Å²) in [5.41, 5.74) is 3.29. The predicted octanol–water partition coefficient (Wildman–Crippen LogP) is 3.59. The smallest absolute Gasteiger partial charge is 0.338 e. The lowest BCUT2D eigenvalue weighted by atomic mass is 9.88. The summed E-state index contributed by atoms with van der Waals surface area (Å²) in [5, 5.41) is 9.81. The number of aryl methyl sites for hydroxylation is 1. The number of hydrogen-bond acceptors (Lipinski definition) is 5. The number of aromatic nitrogens is 1. The van der Waals surface area contributed by atoms with E-state index in [9.17, 15) is 19.5 Å². The van der Waals surface area contributed by atoms with Crippen molar-refractivity contribution in [2.24, 2.45) is 0 Å². The average molecular weight is 394 g/mol. The van der Waals surface area contributed by atoms with Gasteiger partial charge in [-0.3, -0.25) is 14.5 Å². The molecular weight excluding hydrogens is 376 g/mol. The number of aromatic carboxylic acids is 1. The zero-order chi connectivity index (χ0) is 20.2. The third kappa shape index (κ3) is 2.74. The summed E-state index contributed by atoms with van der Waals surface area (Å²) in [4.78, 5) is 42.3. The van der Waals surface area contributed by atoms with E-state index < -0.39 is 23.2 Å². The maximum atomic E-state index is 12.6. The van der Waals surface area contributed by atoms with Crippen LogP contribution in [0.25, 0.3) is 5.57 Å². The minimum atomic E-state index is -1.02. The highest BCUT2D eigenvalue weighted by atomic mass is 32.2. The Hall–Kier alpha value is -2.93. The first-order valence-corrected chi connectivity index (χ1v) is 9.76. The number of nitrogens with zero attached hydrogens (tertiary/aromatic N) is 2. The lowest BCUT2D eigenvalue weighted by Crippen LogP contribution is -2.47. The Morgan fingerprint density at radius 1 is 1.25 bits per heavy atom. The van der Waals surface area contributed by atoms with Gasteiger partial charge in [-0.1, -0.05) is 6.08 Å². The fourth-order valence-corrected chi connectivity index (χ4v) is 4.79. The molecule has 4 rings (SSSR count). The normalized spacial score (nSPS) is 16.8. The molecule has 2 aromatic rings. The first-order valence-electron chi connectivity index (χ1n) is 8.77. The molecule has 3 heterocycles. The van der Waals surface area contributed by atoms with Gasteiger partial charge in [0.1, 0.15) is 5.03 Å². The number of benzene rings is 1. The van der Waals surface area contributed by atoms with Crippen LogP contribution in [0.3, 0.4) is 0 Å². The Morgan fingerprint density at radius 2 is 1.96 bits per heavy atom. The summed E-state index contributed by atoms with van der Waals surface area (Å²) in [7, 11) is 0. The molecule has 0 aliphatic carbocycles. The van der Waals surface area contributed by atoms with Crippen molar-refractivity contribution < 1.29 is 19.5 Å². The predicted molar refractivity (Wildman–Crippen MR) is 107 cm³/mol. The molecule has 1 N–H and O–H groups in total. The highest BCUT2D eigenvalue weighted by Gasteiger charge is 2.47. The molecular formula is C21H18N2O4S. The molecule has 28 heavy (non-hydrogen) atoms. The molecule has 0 atom stereocenters. The fourth-order valence-electron chi connectivity index (χ4n) is 3.81. The van der Waals surface area contributed by atoms with Gasteiger partial charge in [-0.25, -0.2) is 9.78 Å². The molecule has 0 fully saturated rings. The number of carbonyl (C=O) groups excluding carboxylic acids is 2. The number of ketones is 1. The van der Waals surface area contributed by atoms with Gasteiger partial charge in [0.2, 0.25) is 0 Å². The molecule has 0 bridgehead atoms. The van der Waals surface area contributed by atoms with Gasteiger partial charge in [-0.05, 0) is 56.2 Å². The van der Waals surface area contributed by atoms with E-state index in [1.807, 2.05) is 32.9 Å². The van der Waals surface area contributed by atoms with Crippen LogP contribution in [-0.2, 0) is 4.79 Å². The van der Waals surface area contributed by atoms with Crippen LogP contribution >= 0.6 is 11.8 Å². The van der Waals surface area contributed by atoms with Gasteiger partial charge in [-0.15, -0.1) is 11.8 Å². The second kappa shape index (κ2) is 6.31. The zero-order valence-corrected chi connectivity index (χ0v) is 16.5. The molecule has 0 spiro atoms. The topological polar surface area (TPSA) is 87.6 Å². The number of carboxylic acid groups (broad SMARTS) is 1. The second-order valence-electron chi connectivity index (χ2n) is 7.45. The second-order valence-corrected chi connectivity index (χ2v) is 8.42. The molecule has 0 radical (unpaired) electrons. The van der Waals surface area contributed by atoms with Crippen LogP contribution in [0.15, 0.2) is 41.6 Å². The lowest BCUT2D eigenvalue weighted by Gasteiger charge is -2.39. The van der Waals surface area contributed by atoms with Crippen molar-refractivity contribution in [2.75, 3.05) is 10.7 Å². The van der Waals surface area contributed by atoms with Crippen LogP contribution in [0.2, 0.25) is 0 Å². The number of anilines is 1. The summed E-state index contributed by atoms with van der Waals surface area (Å²) in [6.07, 6.45) is 3.54. The number of thioether (sulfide) groups is 1. The Bertz CT molecular complexity index is 1090. The summed E-state index contributed by atoms with van der Waals surface area (Å²) < 4.78 is 0. The molecule has 0 saturated carbocycles. The minimum absolute atomic E-state index is 0.157. The van der Waals surface area contributed by atoms with E-state index in [0.29, 0.717) is 22.0 Å². The van der Waals surface area contributed by atoms with Crippen LogP contribution in [0.1, 0.15) is 45.7 Å². The fraction of sp³-hybridized carbons (Fsp3) is 0.238. The summed E-state index contributed by atoms with van der Waals surface area (Å²) in [6, 6.07) is 6.85. The summed E-state index contributed by atoms with van der Waals surface area (Å²) in [5.74, 6) is -1.53. The zero-order valence-electron chi connectivity index (χ0n) is 15.6. The van der Waals surface area contributed by atoms with E-state index in [0.717, 1.165) is 16.7 Å². The third-order valence-corrected chi connectivity index (χ3v) is 5.99.